The van der Waals surface area contributed by atoms with E-state index in [1.165, 1.54) is 5.56 Å². The quantitative estimate of drug-likeness (QED) is 0.731. The molecule has 2 aromatic rings. The number of fused-ring (bicyclic) bond motifs is 2. The van der Waals surface area contributed by atoms with Gasteiger partial charge in [-0.05, 0) is 43.1 Å². The van der Waals surface area contributed by atoms with Gasteiger partial charge in [-0.15, -0.1) is 11.8 Å². The first-order valence-electron chi connectivity index (χ1n) is 8.51. The molecule has 1 saturated heterocycles. The van der Waals surface area contributed by atoms with Crippen molar-refractivity contribution in [2.45, 2.75) is 36.1 Å². The molecule has 0 amide bonds. The summed E-state index contributed by atoms with van der Waals surface area (Å²) in [5.74, 6) is 0.442. The summed E-state index contributed by atoms with van der Waals surface area (Å²) >= 11 is 7.87. The van der Waals surface area contributed by atoms with E-state index in [0.29, 0.717) is 5.78 Å². The van der Waals surface area contributed by atoms with Gasteiger partial charge in [0.15, 0.2) is 5.78 Å². The van der Waals surface area contributed by atoms with Crippen molar-refractivity contribution in [3.05, 3.63) is 64.7 Å². The van der Waals surface area contributed by atoms with Crippen molar-refractivity contribution < 1.29 is 4.79 Å². The van der Waals surface area contributed by atoms with E-state index in [9.17, 15) is 4.79 Å². The number of carbonyl (C=O) groups is 1. The third-order valence-corrected chi connectivity index (χ3v) is 6.68. The maximum atomic E-state index is 13.0. The van der Waals surface area contributed by atoms with Crippen LogP contribution in [0.5, 0.6) is 0 Å². The number of Topliss-reactive ketones (excluding diaryl/α,β-unsaturated/α-hetero) is 1. The molecule has 0 bridgehead atoms. The lowest BCUT2D eigenvalue weighted by atomic mass is 9.92. The number of halogens is 1. The molecule has 2 unspecified atom stereocenters. The zero-order chi connectivity index (χ0) is 16.5. The Morgan fingerprint density at radius 2 is 1.88 bits per heavy atom. The van der Waals surface area contributed by atoms with Crippen LogP contribution in [-0.2, 0) is 6.54 Å². The van der Waals surface area contributed by atoms with Gasteiger partial charge in [0.05, 0.1) is 5.37 Å². The van der Waals surface area contributed by atoms with Gasteiger partial charge < -0.3 is 0 Å². The molecule has 124 valence electrons. The highest BCUT2D eigenvalue weighted by Crippen LogP contribution is 2.43. The number of hydrogen-bond acceptors (Lipinski definition) is 3. The topological polar surface area (TPSA) is 20.3 Å². The maximum Gasteiger partial charge on any atom is 0.169 e. The van der Waals surface area contributed by atoms with Gasteiger partial charge in [-0.25, -0.2) is 0 Å². The zero-order valence-corrected chi connectivity index (χ0v) is 15.0. The number of ketones is 1. The summed E-state index contributed by atoms with van der Waals surface area (Å²) in [6.07, 6.45) is 3.29. The number of hydrogen-bond donors (Lipinski definition) is 0. The third kappa shape index (κ3) is 3.13. The molecule has 0 aliphatic carbocycles. The summed E-state index contributed by atoms with van der Waals surface area (Å²) in [6, 6.07) is 16.1. The van der Waals surface area contributed by atoms with E-state index in [0.717, 1.165) is 47.8 Å². The molecule has 2 aromatic carbocycles. The molecule has 0 radical (unpaired) electrons. The first-order chi connectivity index (χ1) is 11.7. The summed E-state index contributed by atoms with van der Waals surface area (Å²) in [6.45, 7) is 1.92. The Balaban J connectivity index is 1.63. The Morgan fingerprint density at radius 1 is 1.08 bits per heavy atom. The first kappa shape index (κ1) is 16.2. The Morgan fingerprint density at radius 3 is 2.71 bits per heavy atom. The number of thioether (sulfide) groups is 1. The molecule has 4 heteroatoms. The predicted octanol–water partition coefficient (Wildman–Crippen LogP) is 5.26. The molecule has 0 spiro atoms. The second-order valence-electron chi connectivity index (χ2n) is 6.57. The van der Waals surface area contributed by atoms with Crippen LogP contribution in [0.2, 0.25) is 5.02 Å². The van der Waals surface area contributed by atoms with Crippen LogP contribution in [0.4, 0.5) is 0 Å². The number of carbonyl (C=O) groups excluding carboxylic acids is 1. The fraction of sp³-hybridized carbons (Fsp3) is 0.350. The highest BCUT2D eigenvalue weighted by Gasteiger charge is 2.40. The predicted molar refractivity (Wildman–Crippen MR) is 99.6 cm³/mol. The lowest BCUT2D eigenvalue weighted by Crippen LogP contribution is -2.42. The van der Waals surface area contributed by atoms with Crippen LogP contribution in [0.1, 0.15) is 35.2 Å². The molecule has 4 rings (SSSR count). The highest BCUT2D eigenvalue weighted by atomic mass is 35.5. The molecule has 0 N–H and O–H groups in total. The van der Waals surface area contributed by atoms with Gasteiger partial charge in [0.2, 0.25) is 0 Å². The van der Waals surface area contributed by atoms with E-state index < -0.39 is 0 Å². The number of benzene rings is 2. The van der Waals surface area contributed by atoms with E-state index in [1.54, 1.807) is 0 Å². The minimum absolute atomic E-state index is 0.111. The molecule has 2 aliphatic rings. The Kier molecular flexibility index (Phi) is 4.66. The van der Waals surface area contributed by atoms with Crippen LogP contribution in [-0.4, -0.2) is 22.6 Å². The van der Waals surface area contributed by atoms with Gasteiger partial charge in [0.1, 0.15) is 0 Å². The standard InChI is InChI=1S/C20H20ClNOS/c21-15-10-8-14(9-11-15)13-22-12-4-3-6-17-19(23)16-5-1-2-7-18(16)24-20(17)22/h1-2,5,7-11,17,20H,3-4,6,12-13H2. The molecule has 24 heavy (non-hydrogen) atoms. The molecule has 2 heterocycles. The van der Waals surface area contributed by atoms with Gasteiger partial charge >= 0.3 is 0 Å². The Labute approximate surface area is 152 Å². The molecule has 2 aliphatic heterocycles. The van der Waals surface area contributed by atoms with E-state index in [-0.39, 0.29) is 11.3 Å². The summed E-state index contributed by atoms with van der Waals surface area (Å²) in [7, 11) is 0. The summed E-state index contributed by atoms with van der Waals surface area (Å²) in [5, 5.41) is 1.01. The number of nitrogens with zero attached hydrogens (tertiary/aromatic N) is 1. The van der Waals surface area contributed by atoms with Crippen LogP contribution < -0.4 is 0 Å². The molecule has 0 saturated carbocycles. The van der Waals surface area contributed by atoms with Crippen molar-refractivity contribution in [3.8, 4) is 0 Å². The number of likely N-dealkylation sites (tertiary alicyclic amines) is 1. The third-order valence-electron chi connectivity index (χ3n) is 4.95. The maximum absolute atomic E-state index is 13.0. The molecular weight excluding hydrogens is 338 g/mol. The van der Waals surface area contributed by atoms with Crippen molar-refractivity contribution in [3.63, 3.8) is 0 Å². The van der Waals surface area contributed by atoms with Crippen molar-refractivity contribution in [2.75, 3.05) is 6.54 Å². The average Bonchev–Trinajstić information content (AvgIpc) is 2.80. The normalized spacial score (nSPS) is 24.1. The molecule has 2 atom stereocenters. The minimum atomic E-state index is 0.111. The Bertz CT molecular complexity index is 746. The monoisotopic (exact) mass is 357 g/mol. The van der Waals surface area contributed by atoms with E-state index in [1.807, 2.05) is 42.1 Å². The smallest absolute Gasteiger partial charge is 0.169 e. The lowest BCUT2D eigenvalue weighted by molar-refractivity contribution is 0.0853. The minimum Gasteiger partial charge on any atom is -0.294 e. The van der Waals surface area contributed by atoms with Crippen molar-refractivity contribution >= 4 is 29.1 Å². The van der Waals surface area contributed by atoms with E-state index in [2.05, 4.69) is 23.1 Å². The molecule has 1 fully saturated rings. The van der Waals surface area contributed by atoms with Crippen molar-refractivity contribution in [2.24, 2.45) is 5.92 Å². The first-order valence-corrected chi connectivity index (χ1v) is 9.76. The fourth-order valence-electron chi connectivity index (χ4n) is 3.72. The van der Waals surface area contributed by atoms with Crippen molar-refractivity contribution in [1.82, 2.24) is 4.90 Å². The fourth-order valence-corrected chi connectivity index (χ4v) is 5.31. The van der Waals surface area contributed by atoms with Crippen LogP contribution in [0.25, 0.3) is 0 Å². The summed E-state index contributed by atoms with van der Waals surface area (Å²) < 4.78 is 0. The van der Waals surface area contributed by atoms with Crippen molar-refractivity contribution in [1.29, 1.82) is 0 Å². The lowest BCUT2D eigenvalue weighted by Gasteiger charge is -2.37. The Hall–Kier alpha value is -1.29. The van der Waals surface area contributed by atoms with Crippen LogP contribution in [0, 0.1) is 5.92 Å². The molecular formula is C20H20ClNOS. The van der Waals surface area contributed by atoms with Crippen LogP contribution >= 0.6 is 23.4 Å². The van der Waals surface area contributed by atoms with Crippen LogP contribution in [0.15, 0.2) is 53.4 Å². The van der Waals surface area contributed by atoms with Gasteiger partial charge in [-0.3, -0.25) is 9.69 Å². The summed E-state index contributed by atoms with van der Waals surface area (Å²) in [5.41, 5.74) is 2.17. The second kappa shape index (κ2) is 6.91. The van der Waals surface area contributed by atoms with E-state index in [4.69, 9.17) is 11.6 Å². The van der Waals surface area contributed by atoms with Gasteiger partial charge in [-0.2, -0.15) is 0 Å². The average molecular weight is 358 g/mol. The van der Waals surface area contributed by atoms with Gasteiger partial charge in [0.25, 0.3) is 0 Å². The van der Waals surface area contributed by atoms with Crippen LogP contribution in [0.3, 0.4) is 0 Å². The zero-order valence-electron chi connectivity index (χ0n) is 13.5. The second-order valence-corrected chi connectivity index (χ2v) is 8.16. The number of rotatable bonds is 2. The SMILES string of the molecule is O=C1c2ccccc2SC2C1CCCCN2Cc1ccc(Cl)cc1. The largest absolute Gasteiger partial charge is 0.294 e. The van der Waals surface area contributed by atoms with Gasteiger partial charge in [-0.1, -0.05) is 48.4 Å². The molecule has 0 aromatic heterocycles. The molecule has 2 nitrogen and oxygen atoms in total. The summed E-state index contributed by atoms with van der Waals surface area (Å²) in [4.78, 5) is 16.6. The highest BCUT2D eigenvalue weighted by molar-refractivity contribution is 8.00. The van der Waals surface area contributed by atoms with Gasteiger partial charge in [0, 0.05) is 27.9 Å². The van der Waals surface area contributed by atoms with E-state index >= 15 is 0 Å².